The number of sulfonamides is 1. The van der Waals surface area contributed by atoms with Crippen molar-refractivity contribution in [3.05, 3.63) is 48.3 Å². The van der Waals surface area contributed by atoms with Crippen molar-refractivity contribution in [1.29, 1.82) is 0 Å². The number of hydrogen-bond acceptors (Lipinski definition) is 6. The van der Waals surface area contributed by atoms with Gasteiger partial charge in [-0.15, -0.1) is 0 Å². The summed E-state index contributed by atoms with van der Waals surface area (Å²) in [6.07, 6.45) is -0.906. The topological polar surface area (TPSA) is 90.3 Å². The third-order valence-electron chi connectivity index (χ3n) is 5.09. The second kappa shape index (κ2) is 7.41. The molecule has 2 saturated heterocycles. The summed E-state index contributed by atoms with van der Waals surface area (Å²) in [7, 11) is -3.47. The first-order chi connectivity index (χ1) is 13.4. The van der Waals surface area contributed by atoms with Gasteiger partial charge >= 0.3 is 0 Å². The number of aliphatic hydroxyl groups excluding tert-OH is 2. The zero-order chi connectivity index (χ0) is 19.9. The predicted octanol–water partition coefficient (Wildman–Crippen LogP) is 1.36. The average molecular weight is 408 g/mol. The Morgan fingerprint density at radius 2 is 1.86 bits per heavy atom. The first kappa shape index (κ1) is 19.3. The first-order valence-corrected chi connectivity index (χ1v) is 10.5. The Bertz CT molecular complexity index is 963. The molecule has 2 aliphatic heterocycles. The highest BCUT2D eigenvalue weighted by Gasteiger charge is 2.32. The van der Waals surface area contributed by atoms with Crippen molar-refractivity contribution in [2.45, 2.75) is 23.8 Å². The molecule has 0 radical (unpaired) electrons. The van der Waals surface area contributed by atoms with Crippen LogP contribution in [0.2, 0.25) is 0 Å². The van der Waals surface area contributed by atoms with Gasteiger partial charge in [0.1, 0.15) is 11.9 Å². The molecular weight excluding hydrogens is 387 g/mol. The fraction of sp³-hybridized carbons (Fsp3) is 0.368. The standard InChI is InChI=1S/C19H21FN2O5S/c20-18-10-14(22-11-15(12-23)27-19(22)24)4-7-17(18)13-2-5-16(6-3-13)28(25,26)21-8-1-9-21/h2-7,10,15,19,23-24H,1,8-9,11-12H2/t15-,19?/m1/s1. The molecular formula is C19H21FN2O5S. The van der Waals surface area contributed by atoms with E-state index in [4.69, 9.17) is 9.84 Å². The number of rotatable bonds is 5. The summed E-state index contributed by atoms with van der Waals surface area (Å²) in [5.74, 6) is -0.504. The molecule has 2 fully saturated rings. The van der Waals surface area contributed by atoms with Gasteiger partial charge in [-0.3, -0.25) is 0 Å². The highest BCUT2D eigenvalue weighted by molar-refractivity contribution is 7.89. The van der Waals surface area contributed by atoms with Crippen LogP contribution in [0.1, 0.15) is 6.42 Å². The van der Waals surface area contributed by atoms with Crippen molar-refractivity contribution < 1.29 is 27.8 Å². The Balaban J connectivity index is 1.56. The predicted molar refractivity (Wildman–Crippen MR) is 101 cm³/mol. The number of benzene rings is 2. The quantitative estimate of drug-likeness (QED) is 0.777. The number of aliphatic hydroxyl groups is 2. The van der Waals surface area contributed by atoms with Crippen LogP contribution in [0.25, 0.3) is 11.1 Å². The van der Waals surface area contributed by atoms with Crippen molar-refractivity contribution in [3.8, 4) is 11.1 Å². The van der Waals surface area contributed by atoms with Crippen LogP contribution in [-0.4, -0.2) is 61.7 Å². The Labute approximate surface area is 162 Å². The van der Waals surface area contributed by atoms with E-state index in [1.165, 1.54) is 27.4 Å². The number of ether oxygens (including phenoxy) is 1. The second-order valence-corrected chi connectivity index (χ2v) is 8.80. The fourth-order valence-electron chi connectivity index (χ4n) is 3.33. The minimum absolute atomic E-state index is 0.195. The Hall–Kier alpha value is -2.04. The van der Waals surface area contributed by atoms with Crippen LogP contribution >= 0.6 is 0 Å². The molecule has 150 valence electrons. The van der Waals surface area contributed by atoms with Crippen LogP contribution in [0.3, 0.4) is 0 Å². The highest BCUT2D eigenvalue weighted by atomic mass is 32.2. The summed E-state index contributed by atoms with van der Waals surface area (Å²) in [6.45, 7) is 1.08. The lowest BCUT2D eigenvalue weighted by atomic mass is 10.0. The molecule has 1 unspecified atom stereocenters. The first-order valence-electron chi connectivity index (χ1n) is 9.01. The molecule has 9 heteroatoms. The number of nitrogens with zero attached hydrogens (tertiary/aromatic N) is 2. The molecule has 0 aromatic heterocycles. The van der Waals surface area contributed by atoms with Gasteiger partial charge in [-0.25, -0.2) is 12.8 Å². The smallest absolute Gasteiger partial charge is 0.243 e. The normalized spacial score (nSPS) is 23.0. The number of hydrogen-bond donors (Lipinski definition) is 2. The third kappa shape index (κ3) is 3.40. The van der Waals surface area contributed by atoms with Crippen molar-refractivity contribution in [2.75, 3.05) is 31.1 Å². The molecule has 2 atom stereocenters. The van der Waals surface area contributed by atoms with Gasteiger partial charge in [0.2, 0.25) is 16.4 Å². The van der Waals surface area contributed by atoms with Crippen molar-refractivity contribution in [1.82, 2.24) is 4.31 Å². The van der Waals surface area contributed by atoms with Gasteiger partial charge in [-0.2, -0.15) is 4.31 Å². The van der Waals surface area contributed by atoms with Gasteiger partial charge in [0, 0.05) is 24.3 Å². The molecule has 2 heterocycles. The van der Waals surface area contributed by atoms with Gasteiger partial charge in [0.25, 0.3) is 0 Å². The van der Waals surface area contributed by atoms with Crippen LogP contribution in [0, 0.1) is 5.82 Å². The summed E-state index contributed by atoms with van der Waals surface area (Å²) in [5, 5.41) is 19.1. The SMILES string of the molecule is O=S(=O)(c1ccc(-c2ccc(N3C[C@H](CO)OC3O)cc2F)cc1)N1CCC1. The maximum atomic E-state index is 14.7. The van der Waals surface area contributed by atoms with Gasteiger partial charge in [0.15, 0.2) is 0 Å². The summed E-state index contributed by atoms with van der Waals surface area (Å²) < 4.78 is 46.1. The minimum Gasteiger partial charge on any atom is -0.394 e. The van der Waals surface area contributed by atoms with Crippen LogP contribution in [0.5, 0.6) is 0 Å². The molecule has 2 N–H and O–H groups in total. The van der Waals surface area contributed by atoms with Crippen LogP contribution in [0.15, 0.2) is 47.4 Å². The molecule has 0 saturated carbocycles. The summed E-state index contributed by atoms with van der Waals surface area (Å²) >= 11 is 0. The highest BCUT2D eigenvalue weighted by Crippen LogP contribution is 2.31. The molecule has 2 aromatic carbocycles. The molecule has 0 spiro atoms. The second-order valence-electron chi connectivity index (χ2n) is 6.87. The van der Waals surface area contributed by atoms with Crippen LogP contribution < -0.4 is 4.90 Å². The van der Waals surface area contributed by atoms with E-state index in [0.29, 0.717) is 29.9 Å². The van der Waals surface area contributed by atoms with E-state index >= 15 is 0 Å². The number of halogens is 1. The zero-order valence-electron chi connectivity index (χ0n) is 15.0. The largest absolute Gasteiger partial charge is 0.394 e. The van der Waals surface area contributed by atoms with E-state index in [1.807, 2.05) is 0 Å². The summed E-state index contributed by atoms with van der Waals surface area (Å²) in [4.78, 5) is 1.65. The van der Waals surface area contributed by atoms with Crippen LogP contribution in [-0.2, 0) is 14.8 Å². The Morgan fingerprint density at radius 1 is 1.14 bits per heavy atom. The lowest BCUT2D eigenvalue weighted by Gasteiger charge is -2.29. The van der Waals surface area contributed by atoms with Gasteiger partial charge < -0.3 is 19.8 Å². The van der Waals surface area contributed by atoms with Crippen molar-refractivity contribution >= 4 is 15.7 Å². The van der Waals surface area contributed by atoms with E-state index in [9.17, 15) is 17.9 Å². The van der Waals surface area contributed by atoms with E-state index in [1.54, 1.807) is 24.3 Å². The van der Waals surface area contributed by atoms with Gasteiger partial charge in [-0.05, 0) is 42.3 Å². The summed E-state index contributed by atoms with van der Waals surface area (Å²) in [6, 6.07) is 10.6. The molecule has 2 aliphatic rings. The number of anilines is 1. The maximum absolute atomic E-state index is 14.7. The van der Waals surface area contributed by atoms with E-state index in [-0.39, 0.29) is 18.0 Å². The average Bonchev–Trinajstić information content (AvgIpc) is 3.01. The van der Waals surface area contributed by atoms with Crippen molar-refractivity contribution in [3.63, 3.8) is 0 Å². The molecule has 4 rings (SSSR count). The lowest BCUT2D eigenvalue weighted by molar-refractivity contribution is -0.0989. The monoisotopic (exact) mass is 408 g/mol. The Morgan fingerprint density at radius 3 is 2.39 bits per heavy atom. The van der Waals surface area contributed by atoms with Crippen LogP contribution in [0.4, 0.5) is 10.1 Å². The van der Waals surface area contributed by atoms with E-state index in [0.717, 1.165) is 6.42 Å². The van der Waals surface area contributed by atoms with E-state index in [2.05, 4.69) is 0 Å². The van der Waals surface area contributed by atoms with Gasteiger partial charge in [-0.1, -0.05) is 12.1 Å². The maximum Gasteiger partial charge on any atom is 0.243 e. The molecule has 0 bridgehead atoms. The van der Waals surface area contributed by atoms with Gasteiger partial charge in [0.05, 0.1) is 18.0 Å². The molecule has 7 nitrogen and oxygen atoms in total. The minimum atomic E-state index is -3.47. The van der Waals surface area contributed by atoms with Crippen molar-refractivity contribution in [2.24, 2.45) is 0 Å². The lowest BCUT2D eigenvalue weighted by Crippen LogP contribution is -2.41. The molecule has 2 aromatic rings. The third-order valence-corrected chi connectivity index (χ3v) is 7.00. The molecule has 0 amide bonds. The summed E-state index contributed by atoms with van der Waals surface area (Å²) in [5.41, 5.74) is 1.31. The zero-order valence-corrected chi connectivity index (χ0v) is 15.8. The fourth-order valence-corrected chi connectivity index (χ4v) is 4.85. The molecule has 0 aliphatic carbocycles. The Kier molecular flexibility index (Phi) is 5.11. The van der Waals surface area contributed by atoms with E-state index < -0.39 is 28.4 Å². The molecule has 28 heavy (non-hydrogen) atoms.